The average molecular weight is 210 g/mol. The SMILES string of the molecule is O=Cc1cc(Cl)c2cccc(F)c2n1. The molecule has 0 N–H and O–H groups in total. The van der Waals surface area contributed by atoms with Crippen LogP contribution >= 0.6 is 11.6 Å². The van der Waals surface area contributed by atoms with Gasteiger partial charge in [0.2, 0.25) is 0 Å². The van der Waals surface area contributed by atoms with Crippen molar-refractivity contribution in [2.45, 2.75) is 0 Å². The van der Waals surface area contributed by atoms with Gasteiger partial charge in [-0.25, -0.2) is 9.37 Å². The van der Waals surface area contributed by atoms with E-state index in [-0.39, 0.29) is 11.2 Å². The van der Waals surface area contributed by atoms with Gasteiger partial charge in [0.15, 0.2) is 6.29 Å². The van der Waals surface area contributed by atoms with Gasteiger partial charge < -0.3 is 0 Å². The minimum atomic E-state index is -0.479. The Morgan fingerprint density at radius 2 is 2.21 bits per heavy atom. The van der Waals surface area contributed by atoms with Gasteiger partial charge in [-0.1, -0.05) is 23.7 Å². The van der Waals surface area contributed by atoms with Crippen molar-refractivity contribution >= 4 is 28.8 Å². The summed E-state index contributed by atoms with van der Waals surface area (Å²) >= 11 is 5.85. The molecule has 0 unspecified atom stereocenters. The summed E-state index contributed by atoms with van der Waals surface area (Å²) in [6.45, 7) is 0. The van der Waals surface area contributed by atoms with Crippen LogP contribution < -0.4 is 0 Å². The Hall–Kier alpha value is -1.48. The van der Waals surface area contributed by atoms with E-state index >= 15 is 0 Å². The number of benzene rings is 1. The Morgan fingerprint density at radius 3 is 2.93 bits per heavy atom. The number of carbonyl (C=O) groups excluding carboxylic acids is 1. The topological polar surface area (TPSA) is 30.0 Å². The van der Waals surface area contributed by atoms with Gasteiger partial charge in [0.1, 0.15) is 17.0 Å². The highest BCUT2D eigenvalue weighted by molar-refractivity contribution is 6.35. The Balaban J connectivity index is 2.90. The number of rotatable bonds is 1. The first-order valence-corrected chi connectivity index (χ1v) is 4.30. The fraction of sp³-hybridized carbons (Fsp3) is 0. The maximum absolute atomic E-state index is 13.2. The number of halogens is 2. The molecule has 0 saturated heterocycles. The van der Waals surface area contributed by atoms with Gasteiger partial charge in [-0.05, 0) is 12.1 Å². The highest BCUT2D eigenvalue weighted by Crippen LogP contribution is 2.24. The zero-order chi connectivity index (χ0) is 10.1. The van der Waals surface area contributed by atoms with Crippen LogP contribution in [0.5, 0.6) is 0 Å². The molecule has 4 heteroatoms. The molecule has 0 saturated carbocycles. The highest BCUT2D eigenvalue weighted by atomic mass is 35.5. The quantitative estimate of drug-likeness (QED) is 0.676. The van der Waals surface area contributed by atoms with E-state index in [0.717, 1.165) is 0 Å². The zero-order valence-corrected chi connectivity index (χ0v) is 7.75. The molecule has 2 rings (SSSR count). The summed E-state index contributed by atoms with van der Waals surface area (Å²) in [5.74, 6) is -0.479. The second-order valence-electron chi connectivity index (χ2n) is 2.78. The lowest BCUT2D eigenvalue weighted by atomic mass is 10.2. The molecular weight excluding hydrogens is 205 g/mol. The maximum Gasteiger partial charge on any atom is 0.168 e. The number of aromatic nitrogens is 1. The lowest BCUT2D eigenvalue weighted by Crippen LogP contribution is -1.91. The van der Waals surface area contributed by atoms with Gasteiger partial charge in [-0.2, -0.15) is 0 Å². The van der Waals surface area contributed by atoms with Crippen LogP contribution in [0.2, 0.25) is 5.02 Å². The van der Waals surface area contributed by atoms with Crippen molar-refractivity contribution in [3.05, 3.63) is 40.8 Å². The summed E-state index contributed by atoms with van der Waals surface area (Å²) in [6, 6.07) is 5.89. The van der Waals surface area contributed by atoms with Gasteiger partial charge in [-0.3, -0.25) is 4.79 Å². The summed E-state index contributed by atoms with van der Waals surface area (Å²) in [4.78, 5) is 14.3. The fourth-order valence-corrected chi connectivity index (χ4v) is 1.52. The largest absolute Gasteiger partial charge is 0.296 e. The highest BCUT2D eigenvalue weighted by Gasteiger charge is 2.06. The van der Waals surface area contributed by atoms with Gasteiger partial charge in [0.25, 0.3) is 0 Å². The van der Waals surface area contributed by atoms with E-state index in [1.165, 1.54) is 12.1 Å². The average Bonchev–Trinajstić information content (AvgIpc) is 2.19. The summed E-state index contributed by atoms with van der Waals surface area (Å²) in [7, 11) is 0. The Bertz CT molecular complexity index is 513. The number of nitrogens with zero attached hydrogens (tertiary/aromatic N) is 1. The normalized spacial score (nSPS) is 10.4. The molecule has 0 aliphatic heterocycles. The Kier molecular flexibility index (Phi) is 2.17. The van der Waals surface area contributed by atoms with Crippen LogP contribution in [0.3, 0.4) is 0 Å². The summed E-state index contributed by atoms with van der Waals surface area (Å²) in [5, 5.41) is 0.842. The molecule has 0 aliphatic rings. The van der Waals surface area contributed by atoms with Crippen molar-refractivity contribution in [1.82, 2.24) is 4.98 Å². The summed E-state index contributed by atoms with van der Waals surface area (Å²) in [5.41, 5.74) is 0.259. The number of fused-ring (bicyclic) bond motifs is 1. The van der Waals surface area contributed by atoms with E-state index in [0.29, 0.717) is 16.7 Å². The number of aldehydes is 1. The number of pyridine rings is 1. The molecule has 1 heterocycles. The monoisotopic (exact) mass is 209 g/mol. The van der Waals surface area contributed by atoms with Crippen LogP contribution in [-0.2, 0) is 0 Å². The first kappa shape index (κ1) is 9.09. The van der Waals surface area contributed by atoms with E-state index in [1.54, 1.807) is 12.1 Å². The van der Waals surface area contributed by atoms with Crippen molar-refractivity contribution in [3.8, 4) is 0 Å². The molecule has 0 fully saturated rings. The molecular formula is C10H5ClFNO. The van der Waals surface area contributed by atoms with Crippen LogP contribution in [0, 0.1) is 5.82 Å². The number of para-hydroxylation sites is 1. The van der Waals surface area contributed by atoms with Crippen LogP contribution in [0.25, 0.3) is 10.9 Å². The Morgan fingerprint density at radius 1 is 1.43 bits per heavy atom. The number of hydrogen-bond donors (Lipinski definition) is 0. The van der Waals surface area contributed by atoms with Crippen molar-refractivity contribution in [2.75, 3.05) is 0 Å². The third kappa shape index (κ3) is 1.36. The summed E-state index contributed by atoms with van der Waals surface area (Å²) in [6.07, 6.45) is 0.539. The first-order chi connectivity index (χ1) is 6.72. The van der Waals surface area contributed by atoms with Gasteiger partial charge >= 0.3 is 0 Å². The van der Waals surface area contributed by atoms with E-state index in [2.05, 4.69) is 4.98 Å². The minimum absolute atomic E-state index is 0.127. The second-order valence-corrected chi connectivity index (χ2v) is 3.19. The Labute approximate surface area is 84.3 Å². The van der Waals surface area contributed by atoms with Crippen LogP contribution in [0.1, 0.15) is 10.5 Å². The predicted molar refractivity (Wildman–Crippen MR) is 52.1 cm³/mol. The second kappa shape index (κ2) is 3.35. The van der Waals surface area contributed by atoms with E-state index in [9.17, 15) is 9.18 Å². The molecule has 0 spiro atoms. The lowest BCUT2D eigenvalue weighted by molar-refractivity contribution is 0.111. The zero-order valence-electron chi connectivity index (χ0n) is 7.00. The standard InChI is InChI=1S/C10H5ClFNO/c11-8-4-6(5-14)13-10-7(8)2-1-3-9(10)12/h1-5H. The van der Waals surface area contributed by atoms with Gasteiger partial charge in [-0.15, -0.1) is 0 Å². The van der Waals surface area contributed by atoms with Crippen molar-refractivity contribution in [3.63, 3.8) is 0 Å². The molecule has 1 aromatic carbocycles. The molecule has 70 valence electrons. The molecule has 2 aromatic rings. The lowest BCUT2D eigenvalue weighted by Gasteiger charge is -2.01. The van der Waals surface area contributed by atoms with E-state index in [4.69, 9.17) is 11.6 Å². The molecule has 1 aromatic heterocycles. The van der Waals surface area contributed by atoms with Crippen molar-refractivity contribution in [2.24, 2.45) is 0 Å². The molecule has 0 radical (unpaired) electrons. The molecule has 0 aliphatic carbocycles. The van der Waals surface area contributed by atoms with Crippen LogP contribution in [0.4, 0.5) is 4.39 Å². The smallest absolute Gasteiger partial charge is 0.168 e. The molecule has 14 heavy (non-hydrogen) atoms. The molecule has 0 amide bonds. The third-order valence-electron chi connectivity index (χ3n) is 1.88. The minimum Gasteiger partial charge on any atom is -0.296 e. The van der Waals surface area contributed by atoms with E-state index in [1.807, 2.05) is 0 Å². The summed E-state index contributed by atoms with van der Waals surface area (Å²) < 4.78 is 13.2. The van der Waals surface area contributed by atoms with Crippen LogP contribution in [0.15, 0.2) is 24.3 Å². The molecule has 2 nitrogen and oxygen atoms in total. The van der Waals surface area contributed by atoms with E-state index < -0.39 is 5.82 Å². The van der Waals surface area contributed by atoms with Crippen molar-refractivity contribution in [1.29, 1.82) is 0 Å². The first-order valence-electron chi connectivity index (χ1n) is 3.92. The predicted octanol–water partition coefficient (Wildman–Crippen LogP) is 2.84. The molecule has 0 bridgehead atoms. The van der Waals surface area contributed by atoms with Gasteiger partial charge in [0, 0.05) is 5.39 Å². The fourth-order valence-electron chi connectivity index (χ4n) is 1.25. The van der Waals surface area contributed by atoms with Crippen LogP contribution in [-0.4, -0.2) is 11.3 Å². The number of hydrogen-bond acceptors (Lipinski definition) is 2. The maximum atomic E-state index is 13.2. The van der Waals surface area contributed by atoms with Gasteiger partial charge in [0.05, 0.1) is 5.02 Å². The molecule has 0 atom stereocenters. The number of carbonyl (C=O) groups is 1. The van der Waals surface area contributed by atoms with Crippen molar-refractivity contribution < 1.29 is 9.18 Å². The third-order valence-corrected chi connectivity index (χ3v) is 2.19.